The summed E-state index contributed by atoms with van der Waals surface area (Å²) >= 11 is 0. The number of benzene rings is 2. The van der Waals surface area contributed by atoms with Crippen molar-refractivity contribution in [2.24, 2.45) is 0 Å². The van der Waals surface area contributed by atoms with Crippen molar-refractivity contribution in [3.8, 4) is 28.3 Å². The minimum atomic E-state index is -0.673. The zero-order chi connectivity index (χ0) is 25.7. The van der Waals surface area contributed by atoms with E-state index in [1.807, 2.05) is 35.2 Å². The summed E-state index contributed by atoms with van der Waals surface area (Å²) in [4.78, 5) is 19.7. The molecule has 1 aliphatic rings. The Morgan fingerprint density at radius 1 is 0.973 bits per heavy atom. The number of rotatable bonds is 8. The van der Waals surface area contributed by atoms with Crippen LogP contribution in [0.5, 0.6) is 5.75 Å². The van der Waals surface area contributed by atoms with Gasteiger partial charge in [-0.05, 0) is 72.2 Å². The van der Waals surface area contributed by atoms with Crippen molar-refractivity contribution in [3.63, 3.8) is 0 Å². The highest BCUT2D eigenvalue weighted by molar-refractivity contribution is 5.95. The molecule has 0 spiro atoms. The van der Waals surface area contributed by atoms with Gasteiger partial charge < -0.3 is 9.64 Å². The van der Waals surface area contributed by atoms with E-state index < -0.39 is 5.60 Å². The average molecular weight is 497 g/mol. The molecule has 0 unspecified atom stereocenters. The Morgan fingerprint density at radius 3 is 2.46 bits per heavy atom. The first-order valence-corrected chi connectivity index (χ1v) is 13.0. The number of ether oxygens (including phenoxy) is 1. The van der Waals surface area contributed by atoms with Crippen LogP contribution in [0.4, 0.5) is 0 Å². The Balaban J connectivity index is 1.55. The van der Waals surface area contributed by atoms with Crippen LogP contribution < -0.4 is 4.74 Å². The second-order valence-corrected chi connectivity index (χ2v) is 9.37. The SMILES string of the molecule is CCC(CC)(Oc1cccnc1C(=O)N1CCCCC1)c1ccc(-c2ccccc2)c(-c2nn[nH]n2)c1. The first-order chi connectivity index (χ1) is 18.1. The molecular weight excluding hydrogens is 464 g/mol. The monoisotopic (exact) mass is 496 g/mol. The van der Waals surface area contributed by atoms with Crippen molar-refractivity contribution in [1.82, 2.24) is 30.5 Å². The fraction of sp³-hybridized carbons (Fsp3) is 0.345. The van der Waals surface area contributed by atoms with E-state index in [9.17, 15) is 4.79 Å². The highest BCUT2D eigenvalue weighted by atomic mass is 16.5. The highest BCUT2D eigenvalue weighted by Gasteiger charge is 2.34. The van der Waals surface area contributed by atoms with Gasteiger partial charge in [0.2, 0.25) is 5.82 Å². The number of nitrogens with zero attached hydrogens (tertiary/aromatic N) is 5. The molecule has 190 valence electrons. The molecule has 0 bridgehead atoms. The molecule has 0 radical (unpaired) electrons. The second kappa shape index (κ2) is 10.9. The van der Waals surface area contributed by atoms with Crippen molar-refractivity contribution >= 4 is 5.91 Å². The molecule has 0 atom stereocenters. The van der Waals surface area contributed by atoms with Crippen LogP contribution >= 0.6 is 0 Å². The lowest BCUT2D eigenvalue weighted by Gasteiger charge is -2.35. The van der Waals surface area contributed by atoms with Crippen LogP contribution in [0.25, 0.3) is 22.5 Å². The number of aromatic nitrogens is 5. The molecule has 8 nitrogen and oxygen atoms in total. The Hall–Kier alpha value is -4.07. The number of amides is 1. The zero-order valence-electron chi connectivity index (χ0n) is 21.4. The average Bonchev–Trinajstić information content (AvgIpc) is 3.52. The molecule has 2 aromatic carbocycles. The number of H-pyrrole nitrogens is 1. The van der Waals surface area contributed by atoms with Gasteiger partial charge in [-0.15, -0.1) is 10.2 Å². The molecular formula is C29H32N6O2. The number of aromatic amines is 1. The van der Waals surface area contributed by atoms with Crippen LogP contribution in [-0.4, -0.2) is 49.5 Å². The van der Waals surface area contributed by atoms with Gasteiger partial charge in [-0.25, -0.2) is 4.98 Å². The maximum Gasteiger partial charge on any atom is 0.276 e. The van der Waals surface area contributed by atoms with Crippen molar-refractivity contribution in [2.75, 3.05) is 13.1 Å². The minimum absolute atomic E-state index is 0.0664. The summed E-state index contributed by atoms with van der Waals surface area (Å²) in [5.41, 5.74) is 3.62. The van der Waals surface area contributed by atoms with Crippen LogP contribution in [0.1, 0.15) is 62.0 Å². The number of hydrogen-bond donors (Lipinski definition) is 1. The van der Waals surface area contributed by atoms with E-state index in [0.717, 1.165) is 54.6 Å². The van der Waals surface area contributed by atoms with Crippen LogP contribution in [0.15, 0.2) is 66.9 Å². The molecule has 2 aromatic heterocycles. The molecule has 1 aliphatic heterocycles. The fourth-order valence-electron chi connectivity index (χ4n) is 5.11. The van der Waals surface area contributed by atoms with Gasteiger partial charge in [-0.2, -0.15) is 5.21 Å². The molecule has 3 heterocycles. The van der Waals surface area contributed by atoms with Gasteiger partial charge in [0.05, 0.1) is 0 Å². The van der Waals surface area contributed by atoms with Crippen molar-refractivity contribution in [1.29, 1.82) is 0 Å². The van der Waals surface area contributed by atoms with Gasteiger partial charge in [-0.3, -0.25) is 4.79 Å². The molecule has 1 fully saturated rings. The van der Waals surface area contributed by atoms with Crippen LogP contribution in [-0.2, 0) is 5.60 Å². The molecule has 1 N–H and O–H groups in total. The predicted molar refractivity (Wildman–Crippen MR) is 142 cm³/mol. The molecule has 0 aliphatic carbocycles. The number of pyridine rings is 1. The number of nitrogens with one attached hydrogen (secondary N) is 1. The van der Waals surface area contributed by atoms with E-state index in [2.05, 4.69) is 69.8 Å². The van der Waals surface area contributed by atoms with Crippen molar-refractivity contribution in [3.05, 3.63) is 78.1 Å². The summed E-state index contributed by atoms with van der Waals surface area (Å²) < 4.78 is 6.77. The van der Waals surface area contributed by atoms with Crippen molar-refractivity contribution in [2.45, 2.75) is 51.6 Å². The first-order valence-electron chi connectivity index (χ1n) is 13.0. The Bertz CT molecular complexity index is 1330. The van der Waals surface area contributed by atoms with Gasteiger partial charge in [0.25, 0.3) is 5.91 Å². The zero-order valence-corrected chi connectivity index (χ0v) is 21.4. The summed E-state index contributed by atoms with van der Waals surface area (Å²) in [7, 11) is 0. The number of piperidine rings is 1. The van der Waals surface area contributed by atoms with E-state index in [4.69, 9.17) is 4.74 Å². The lowest BCUT2D eigenvalue weighted by atomic mass is 9.85. The van der Waals surface area contributed by atoms with E-state index in [0.29, 0.717) is 30.1 Å². The third kappa shape index (κ3) is 4.96. The Labute approximate surface area is 217 Å². The fourth-order valence-corrected chi connectivity index (χ4v) is 5.11. The summed E-state index contributed by atoms with van der Waals surface area (Å²) in [6.45, 7) is 5.73. The first kappa shape index (κ1) is 24.6. The minimum Gasteiger partial charge on any atom is -0.480 e. The summed E-state index contributed by atoms with van der Waals surface area (Å²) in [5.74, 6) is 0.961. The van der Waals surface area contributed by atoms with E-state index >= 15 is 0 Å². The Kier molecular flexibility index (Phi) is 7.25. The van der Waals surface area contributed by atoms with Crippen LogP contribution in [0, 0.1) is 0 Å². The quantitative estimate of drug-likeness (QED) is 0.339. The van der Waals surface area contributed by atoms with Crippen molar-refractivity contribution < 1.29 is 9.53 Å². The third-order valence-electron chi connectivity index (χ3n) is 7.28. The molecule has 4 aromatic rings. The number of hydrogen-bond acceptors (Lipinski definition) is 6. The highest BCUT2D eigenvalue weighted by Crippen LogP contribution is 2.40. The molecule has 1 amide bonds. The maximum atomic E-state index is 13.4. The van der Waals surface area contributed by atoms with Gasteiger partial charge >= 0.3 is 0 Å². The van der Waals surface area contributed by atoms with Gasteiger partial charge in [-0.1, -0.05) is 56.3 Å². The topological polar surface area (TPSA) is 96.9 Å². The molecule has 37 heavy (non-hydrogen) atoms. The van der Waals surface area contributed by atoms with Gasteiger partial charge in [0.1, 0.15) is 5.60 Å². The summed E-state index contributed by atoms with van der Waals surface area (Å²) in [6.07, 6.45) is 6.27. The van der Waals surface area contributed by atoms with E-state index in [-0.39, 0.29) is 5.91 Å². The predicted octanol–water partition coefficient (Wildman–Crippen LogP) is 5.65. The van der Waals surface area contributed by atoms with Crippen LogP contribution in [0.2, 0.25) is 0 Å². The standard InChI is InChI=1S/C29H32N6O2/c1-3-29(4-2,37-25-14-11-17-30-26(25)28(36)35-18-9-6-10-19-35)22-15-16-23(21-12-7-5-8-13-21)24(20-22)27-31-33-34-32-27/h5,7-8,11-17,20H,3-4,6,9-10,18-19H2,1-2H3,(H,31,32,33,34). The lowest BCUT2D eigenvalue weighted by Crippen LogP contribution is -2.37. The van der Waals surface area contributed by atoms with Gasteiger partial charge in [0, 0.05) is 24.8 Å². The number of carbonyl (C=O) groups excluding carboxylic acids is 1. The number of carbonyl (C=O) groups is 1. The van der Waals surface area contributed by atoms with E-state index in [1.165, 1.54) is 0 Å². The van der Waals surface area contributed by atoms with E-state index in [1.54, 1.807) is 6.20 Å². The maximum absolute atomic E-state index is 13.4. The normalized spacial score (nSPS) is 13.9. The number of tetrazole rings is 1. The molecule has 1 saturated heterocycles. The Morgan fingerprint density at radius 2 is 1.76 bits per heavy atom. The summed E-state index contributed by atoms with van der Waals surface area (Å²) in [5, 5.41) is 14.9. The smallest absolute Gasteiger partial charge is 0.276 e. The molecule has 0 saturated carbocycles. The largest absolute Gasteiger partial charge is 0.480 e. The third-order valence-corrected chi connectivity index (χ3v) is 7.28. The molecule has 8 heteroatoms. The molecule has 5 rings (SSSR count). The number of likely N-dealkylation sites (tertiary alicyclic amines) is 1. The van der Waals surface area contributed by atoms with Crippen LogP contribution in [0.3, 0.4) is 0 Å². The second-order valence-electron chi connectivity index (χ2n) is 9.37. The summed E-state index contributed by atoms with van der Waals surface area (Å²) in [6, 6.07) is 20.1. The lowest BCUT2D eigenvalue weighted by molar-refractivity contribution is 0.0519. The van der Waals surface area contributed by atoms with Gasteiger partial charge in [0.15, 0.2) is 11.4 Å².